The molecule has 1 aliphatic heterocycles. The van der Waals surface area contributed by atoms with Crippen molar-refractivity contribution >= 4 is 17.6 Å². The molecule has 1 atom stereocenters. The van der Waals surface area contributed by atoms with Gasteiger partial charge in [0.05, 0.1) is 0 Å². The summed E-state index contributed by atoms with van der Waals surface area (Å²) >= 11 is 0. The summed E-state index contributed by atoms with van der Waals surface area (Å²) in [5.74, 6) is -0.994. The maximum atomic E-state index is 12.7. The molecule has 4 heteroatoms. The Morgan fingerprint density at radius 2 is 1.03 bits per heavy atom. The van der Waals surface area contributed by atoms with Crippen LogP contribution in [0.2, 0.25) is 0 Å². The monoisotopic (exact) mass is 461 g/mol. The van der Waals surface area contributed by atoms with Crippen molar-refractivity contribution in [2.75, 3.05) is 6.54 Å². The number of carbonyl (C=O) groups is 3. The highest BCUT2D eigenvalue weighted by atomic mass is 16.2. The molecule has 1 aliphatic rings. The van der Waals surface area contributed by atoms with Crippen molar-refractivity contribution in [3.63, 3.8) is 0 Å². The molecule has 0 aromatic heterocycles. The number of hydrogen-bond acceptors (Lipinski definition) is 3. The van der Waals surface area contributed by atoms with Crippen LogP contribution in [0.5, 0.6) is 0 Å². The quantitative estimate of drug-likeness (QED) is 0.204. The van der Waals surface area contributed by atoms with Crippen LogP contribution in [0, 0.1) is 5.41 Å². The minimum absolute atomic E-state index is 0.230. The molecule has 174 valence electrons. The maximum absolute atomic E-state index is 12.7. The molecule has 4 aromatic carbocycles. The molecule has 2 amide bonds. The first kappa shape index (κ1) is 23.8. The Morgan fingerprint density at radius 1 is 0.629 bits per heavy atom. The molecule has 0 spiro atoms. The van der Waals surface area contributed by atoms with E-state index in [1.165, 1.54) is 16.0 Å². The Balaban J connectivity index is 0.000000201. The highest BCUT2D eigenvalue weighted by molar-refractivity contribution is 6.19. The fourth-order valence-electron chi connectivity index (χ4n) is 4.15. The third kappa shape index (κ3) is 5.28. The van der Waals surface area contributed by atoms with Gasteiger partial charge in [0.15, 0.2) is 5.78 Å². The predicted molar refractivity (Wildman–Crippen MR) is 138 cm³/mol. The fourth-order valence-corrected chi connectivity index (χ4v) is 4.15. The number of carbonyl (C=O) groups excluding carboxylic acids is 3. The van der Waals surface area contributed by atoms with Crippen LogP contribution < -0.4 is 0 Å². The van der Waals surface area contributed by atoms with E-state index in [1.807, 2.05) is 24.3 Å². The zero-order valence-electron chi connectivity index (χ0n) is 19.6. The molecule has 4 nitrogen and oxygen atoms in total. The summed E-state index contributed by atoms with van der Waals surface area (Å²) in [5.41, 5.74) is 2.33. The Kier molecular flexibility index (Phi) is 7.32. The fraction of sp³-hybridized carbons (Fsp3) is 0.129. The highest BCUT2D eigenvalue weighted by Gasteiger charge is 2.50. The lowest BCUT2D eigenvalue weighted by Crippen LogP contribution is -2.41. The number of benzene rings is 4. The van der Waals surface area contributed by atoms with E-state index in [1.54, 1.807) is 55.5 Å². The van der Waals surface area contributed by atoms with Gasteiger partial charge in [-0.25, -0.2) is 0 Å². The predicted octanol–water partition coefficient (Wildman–Crippen LogP) is 6.30. The van der Waals surface area contributed by atoms with E-state index in [0.717, 1.165) is 0 Å². The average Bonchev–Trinajstić information content (AvgIpc) is 3.25. The van der Waals surface area contributed by atoms with Crippen LogP contribution in [0.3, 0.4) is 0 Å². The van der Waals surface area contributed by atoms with Crippen LogP contribution >= 0.6 is 0 Å². The Hall–Kier alpha value is -4.31. The normalized spacial score (nSPS) is 16.8. The van der Waals surface area contributed by atoms with Crippen LogP contribution in [0.1, 0.15) is 34.1 Å². The number of amides is 2. The lowest BCUT2D eigenvalue weighted by Gasteiger charge is -2.21. The van der Waals surface area contributed by atoms with Crippen LogP contribution in [0.25, 0.3) is 11.1 Å². The first-order chi connectivity index (χ1) is 17.0. The lowest BCUT2D eigenvalue weighted by atomic mass is 9.81. The third-order valence-corrected chi connectivity index (χ3v) is 6.24. The average molecular weight is 462 g/mol. The van der Waals surface area contributed by atoms with Crippen LogP contribution in [0.15, 0.2) is 121 Å². The van der Waals surface area contributed by atoms with Gasteiger partial charge in [-0.3, -0.25) is 19.3 Å². The maximum Gasteiger partial charge on any atom is 0.260 e. The van der Waals surface area contributed by atoms with Crippen molar-refractivity contribution in [1.29, 1.82) is 0 Å². The number of imide groups is 1. The van der Waals surface area contributed by atoms with Gasteiger partial charge in [0.1, 0.15) is 5.41 Å². The summed E-state index contributed by atoms with van der Waals surface area (Å²) in [6.07, 6.45) is 0.345. The minimum Gasteiger partial charge on any atom is -0.293 e. The number of nitrogens with zero attached hydrogens (tertiary/aromatic N) is 1. The lowest BCUT2D eigenvalue weighted by molar-refractivity contribution is -0.131. The third-order valence-electron chi connectivity index (χ3n) is 6.24. The van der Waals surface area contributed by atoms with E-state index >= 15 is 0 Å². The Bertz CT molecular complexity index is 1250. The van der Waals surface area contributed by atoms with Gasteiger partial charge in [-0.05, 0) is 36.6 Å². The van der Waals surface area contributed by atoms with E-state index in [2.05, 4.69) is 48.5 Å². The molecular weight excluding hydrogens is 434 g/mol. The van der Waals surface area contributed by atoms with Gasteiger partial charge in [0, 0.05) is 17.7 Å². The number of Topliss-reactive ketones (excluding diaryl/α,β-unsaturated/α-hetero) is 1. The number of rotatable bonds is 4. The molecule has 0 saturated carbocycles. The van der Waals surface area contributed by atoms with Gasteiger partial charge in [0.25, 0.3) is 5.91 Å². The van der Waals surface area contributed by atoms with Gasteiger partial charge >= 0.3 is 0 Å². The Labute approximate surface area is 205 Å². The summed E-state index contributed by atoms with van der Waals surface area (Å²) in [7, 11) is 0. The minimum atomic E-state index is -1.17. The topological polar surface area (TPSA) is 54.5 Å². The zero-order chi connectivity index (χ0) is 24.7. The summed E-state index contributed by atoms with van der Waals surface area (Å²) in [6.45, 7) is 1.89. The van der Waals surface area contributed by atoms with Crippen molar-refractivity contribution in [3.05, 3.63) is 132 Å². The van der Waals surface area contributed by atoms with Gasteiger partial charge in [-0.2, -0.15) is 0 Å². The number of ketones is 1. The van der Waals surface area contributed by atoms with Crippen molar-refractivity contribution in [3.8, 4) is 11.1 Å². The van der Waals surface area contributed by atoms with Gasteiger partial charge in [0.2, 0.25) is 5.91 Å². The summed E-state index contributed by atoms with van der Waals surface area (Å²) in [6, 6.07) is 38.2. The molecule has 4 aromatic rings. The molecular formula is C31H27NO3. The summed E-state index contributed by atoms with van der Waals surface area (Å²) in [4.78, 5) is 39.2. The highest BCUT2D eigenvalue weighted by Crippen LogP contribution is 2.35. The number of hydrogen-bond donors (Lipinski definition) is 0. The zero-order valence-corrected chi connectivity index (χ0v) is 19.6. The molecule has 0 bridgehead atoms. The first-order valence-electron chi connectivity index (χ1n) is 11.6. The first-order valence-corrected chi connectivity index (χ1v) is 11.6. The molecule has 1 fully saturated rings. The van der Waals surface area contributed by atoms with E-state index in [0.29, 0.717) is 17.5 Å². The largest absolute Gasteiger partial charge is 0.293 e. The van der Waals surface area contributed by atoms with Crippen LogP contribution in [-0.2, 0) is 4.79 Å². The van der Waals surface area contributed by atoms with E-state index < -0.39 is 11.3 Å². The molecule has 0 N–H and O–H groups in total. The molecule has 35 heavy (non-hydrogen) atoms. The molecule has 5 rings (SSSR count). The standard InChI is InChI=1S/C19H17NO3.C12H10/c1-19(16(21)14-8-4-2-5-9-14)12-13-20(18(19)23)17(22)15-10-6-3-7-11-15;1-3-7-11(8-4-1)12-9-5-2-6-10-12/h2-11H,12-13H2,1H3;1-10H. The van der Waals surface area contributed by atoms with Gasteiger partial charge in [-0.15, -0.1) is 0 Å². The van der Waals surface area contributed by atoms with E-state index in [4.69, 9.17) is 0 Å². The smallest absolute Gasteiger partial charge is 0.260 e. The van der Waals surface area contributed by atoms with Crippen LogP contribution in [0.4, 0.5) is 0 Å². The second kappa shape index (κ2) is 10.7. The second-order valence-electron chi connectivity index (χ2n) is 8.64. The molecule has 1 saturated heterocycles. The molecule has 1 heterocycles. The number of likely N-dealkylation sites (tertiary alicyclic amines) is 1. The van der Waals surface area contributed by atoms with Crippen molar-refractivity contribution in [2.45, 2.75) is 13.3 Å². The summed E-state index contributed by atoms with van der Waals surface area (Å²) < 4.78 is 0. The van der Waals surface area contributed by atoms with Crippen molar-refractivity contribution < 1.29 is 14.4 Å². The summed E-state index contributed by atoms with van der Waals surface area (Å²) in [5, 5.41) is 0. The van der Waals surface area contributed by atoms with E-state index in [-0.39, 0.29) is 18.2 Å². The van der Waals surface area contributed by atoms with E-state index in [9.17, 15) is 14.4 Å². The van der Waals surface area contributed by atoms with Gasteiger partial charge < -0.3 is 0 Å². The van der Waals surface area contributed by atoms with Crippen LogP contribution in [-0.4, -0.2) is 29.0 Å². The van der Waals surface area contributed by atoms with Crippen molar-refractivity contribution in [1.82, 2.24) is 4.90 Å². The molecule has 1 unspecified atom stereocenters. The second-order valence-corrected chi connectivity index (χ2v) is 8.64. The van der Waals surface area contributed by atoms with Gasteiger partial charge in [-0.1, -0.05) is 109 Å². The SMILES string of the molecule is CC1(C(=O)c2ccccc2)CCN(C(=O)c2ccccc2)C1=O.c1ccc(-c2ccccc2)cc1. The molecule has 0 aliphatic carbocycles. The van der Waals surface area contributed by atoms with Crippen molar-refractivity contribution in [2.24, 2.45) is 5.41 Å². The molecule has 0 radical (unpaired) electrons. The Morgan fingerprint density at radius 3 is 1.49 bits per heavy atom.